The molecule has 3 unspecified atom stereocenters. The second kappa shape index (κ2) is 15.2. The minimum absolute atomic E-state index is 0.314. The van der Waals surface area contributed by atoms with Gasteiger partial charge in [0.05, 0.1) is 0 Å². The maximum absolute atomic E-state index is 10.5. The molecule has 1 saturated carbocycles. The van der Waals surface area contributed by atoms with Crippen LogP contribution in [0.4, 0.5) is 0 Å². The highest BCUT2D eigenvalue weighted by Gasteiger charge is 2.34. The van der Waals surface area contributed by atoms with Crippen LogP contribution in [0.3, 0.4) is 0 Å². The van der Waals surface area contributed by atoms with E-state index in [0.717, 1.165) is 18.3 Å². The van der Waals surface area contributed by atoms with Crippen molar-refractivity contribution in [1.29, 1.82) is 0 Å². The highest BCUT2D eigenvalue weighted by atomic mass is 16.4. The minimum atomic E-state index is -1.22. The molecule has 2 N–H and O–H groups in total. The number of carbonyl (C=O) groups is 1. The van der Waals surface area contributed by atoms with Crippen LogP contribution in [0.5, 0.6) is 0 Å². The van der Waals surface area contributed by atoms with Crippen molar-refractivity contribution in [1.82, 2.24) is 0 Å². The van der Waals surface area contributed by atoms with Crippen LogP contribution in [0, 0.1) is 11.8 Å². The summed E-state index contributed by atoms with van der Waals surface area (Å²) in [5.41, 5.74) is 0. The number of aliphatic hydroxyl groups excluding tert-OH is 1. The zero-order valence-electron chi connectivity index (χ0n) is 17.0. The van der Waals surface area contributed by atoms with Crippen molar-refractivity contribution in [2.24, 2.45) is 11.8 Å². The highest BCUT2D eigenvalue weighted by molar-refractivity contribution is 5.71. The van der Waals surface area contributed by atoms with E-state index in [1.54, 1.807) is 0 Å². The number of aliphatic hydroxyl groups is 1. The average Bonchev–Trinajstić information content (AvgIpc) is 3.37. The summed E-state index contributed by atoms with van der Waals surface area (Å²) in [5, 5.41) is 17.7. The predicted molar refractivity (Wildman–Crippen MR) is 109 cm³/mol. The number of hydrogen-bond acceptors (Lipinski definition) is 2. The number of carboxylic acids is 1. The van der Waals surface area contributed by atoms with Gasteiger partial charge in [-0.1, -0.05) is 89.7 Å². The molecule has 152 valence electrons. The second-order valence-corrected chi connectivity index (χ2v) is 8.21. The van der Waals surface area contributed by atoms with Gasteiger partial charge in [0, 0.05) is 0 Å². The summed E-state index contributed by atoms with van der Waals surface area (Å²) in [5.74, 6) is 0.918. The quantitative estimate of drug-likeness (QED) is 0.215. The lowest BCUT2D eigenvalue weighted by Crippen LogP contribution is -2.18. The van der Waals surface area contributed by atoms with Crippen molar-refractivity contribution in [2.75, 3.05) is 0 Å². The van der Waals surface area contributed by atoms with Crippen LogP contribution in [0.2, 0.25) is 0 Å². The van der Waals surface area contributed by atoms with Crippen LogP contribution < -0.4 is 0 Å². The molecule has 0 aromatic rings. The van der Waals surface area contributed by atoms with E-state index in [9.17, 15) is 4.79 Å². The van der Waals surface area contributed by atoms with Crippen LogP contribution in [0.1, 0.15) is 110 Å². The molecule has 0 amide bonds. The highest BCUT2D eigenvalue weighted by Crippen LogP contribution is 2.45. The van der Waals surface area contributed by atoms with Gasteiger partial charge in [-0.05, 0) is 43.9 Å². The zero-order chi connectivity index (χ0) is 19.0. The number of carboxylic acid groups (broad SMARTS) is 1. The molecular weight excluding hydrogens is 324 g/mol. The molecule has 1 aliphatic rings. The van der Waals surface area contributed by atoms with Gasteiger partial charge in [0.1, 0.15) is 0 Å². The van der Waals surface area contributed by atoms with Gasteiger partial charge in [0.25, 0.3) is 0 Å². The van der Waals surface area contributed by atoms with Crippen LogP contribution in [0.15, 0.2) is 12.2 Å². The predicted octanol–water partition coefficient (Wildman–Crippen LogP) is 6.50. The first-order chi connectivity index (χ1) is 12.6. The third kappa shape index (κ3) is 12.5. The van der Waals surface area contributed by atoms with Crippen LogP contribution in [-0.2, 0) is 4.79 Å². The smallest absolute Gasteiger partial charge is 0.332 e. The molecule has 0 saturated heterocycles. The molecule has 1 aliphatic carbocycles. The summed E-state index contributed by atoms with van der Waals surface area (Å²) in [6.07, 6.45) is 23.3. The Morgan fingerprint density at radius 2 is 1.42 bits per heavy atom. The minimum Gasteiger partial charge on any atom is -0.479 e. The first-order valence-electron chi connectivity index (χ1n) is 11.2. The van der Waals surface area contributed by atoms with E-state index in [0.29, 0.717) is 12.8 Å². The third-order valence-corrected chi connectivity index (χ3v) is 5.75. The summed E-state index contributed by atoms with van der Waals surface area (Å²) in [6, 6.07) is 0. The molecule has 1 rings (SSSR count). The Kier molecular flexibility index (Phi) is 13.6. The summed E-state index contributed by atoms with van der Waals surface area (Å²) in [7, 11) is 0. The first kappa shape index (κ1) is 23.2. The van der Waals surface area contributed by atoms with Gasteiger partial charge >= 0.3 is 5.97 Å². The van der Waals surface area contributed by atoms with E-state index < -0.39 is 12.1 Å². The molecule has 26 heavy (non-hydrogen) atoms. The fraction of sp³-hybridized carbons (Fsp3) is 0.870. The van der Waals surface area contributed by atoms with Crippen molar-refractivity contribution >= 4 is 5.97 Å². The lowest BCUT2D eigenvalue weighted by molar-refractivity contribution is -0.146. The van der Waals surface area contributed by atoms with Gasteiger partial charge < -0.3 is 10.2 Å². The van der Waals surface area contributed by atoms with Crippen molar-refractivity contribution in [3.8, 4) is 0 Å². The zero-order valence-corrected chi connectivity index (χ0v) is 17.0. The molecule has 3 nitrogen and oxygen atoms in total. The van der Waals surface area contributed by atoms with Crippen molar-refractivity contribution in [3.63, 3.8) is 0 Å². The Morgan fingerprint density at radius 1 is 0.885 bits per heavy atom. The number of unbranched alkanes of at least 4 members (excludes halogenated alkanes) is 9. The standard InChI is InChI=1S/C23H42O3/c1-2-3-4-5-6-7-10-13-16-20-19-21(20)17-14-11-8-9-12-15-18-22(24)23(25)26/h9,12,20-22,24H,2-8,10-11,13-19H2,1H3,(H,25,26). The first-order valence-corrected chi connectivity index (χ1v) is 11.2. The average molecular weight is 367 g/mol. The Balaban J connectivity index is 1.81. The van der Waals surface area contributed by atoms with Gasteiger partial charge in [0.2, 0.25) is 0 Å². The largest absolute Gasteiger partial charge is 0.479 e. The Bertz CT molecular complexity index is 378. The summed E-state index contributed by atoms with van der Waals surface area (Å²) in [6.45, 7) is 2.28. The van der Waals surface area contributed by atoms with E-state index in [2.05, 4.69) is 13.0 Å². The van der Waals surface area contributed by atoms with E-state index in [1.165, 1.54) is 83.5 Å². The lowest BCUT2D eigenvalue weighted by Gasteiger charge is -2.02. The molecule has 0 aliphatic heterocycles. The molecule has 0 spiro atoms. The van der Waals surface area contributed by atoms with Gasteiger partial charge in [-0.15, -0.1) is 0 Å². The number of aliphatic carboxylic acids is 1. The molecule has 0 bridgehead atoms. The topological polar surface area (TPSA) is 57.5 Å². The normalized spacial score (nSPS) is 20.5. The second-order valence-electron chi connectivity index (χ2n) is 8.21. The lowest BCUT2D eigenvalue weighted by atomic mass is 10.0. The summed E-state index contributed by atoms with van der Waals surface area (Å²) >= 11 is 0. The maximum Gasteiger partial charge on any atom is 0.332 e. The monoisotopic (exact) mass is 366 g/mol. The molecule has 0 radical (unpaired) electrons. The molecule has 3 atom stereocenters. The Morgan fingerprint density at radius 3 is 2.04 bits per heavy atom. The number of rotatable bonds is 18. The molecule has 0 aromatic heterocycles. The van der Waals surface area contributed by atoms with Crippen LogP contribution in [0.25, 0.3) is 0 Å². The molecular formula is C23H42O3. The summed E-state index contributed by atoms with van der Waals surface area (Å²) < 4.78 is 0. The van der Waals surface area contributed by atoms with E-state index in [1.807, 2.05) is 6.08 Å². The maximum atomic E-state index is 10.5. The molecule has 3 heteroatoms. The fourth-order valence-electron chi connectivity index (χ4n) is 3.84. The van der Waals surface area contributed by atoms with Crippen molar-refractivity contribution in [2.45, 2.75) is 116 Å². The van der Waals surface area contributed by atoms with Crippen molar-refractivity contribution in [3.05, 3.63) is 12.2 Å². The van der Waals surface area contributed by atoms with Gasteiger partial charge in [-0.3, -0.25) is 0 Å². The number of allylic oxidation sites excluding steroid dienone is 2. The third-order valence-electron chi connectivity index (χ3n) is 5.75. The van der Waals surface area contributed by atoms with Gasteiger partial charge in [-0.25, -0.2) is 4.79 Å². The molecule has 0 heterocycles. The van der Waals surface area contributed by atoms with E-state index in [-0.39, 0.29) is 0 Å². The fourth-order valence-corrected chi connectivity index (χ4v) is 3.84. The summed E-state index contributed by atoms with van der Waals surface area (Å²) in [4.78, 5) is 10.5. The van der Waals surface area contributed by atoms with Gasteiger partial charge in [-0.2, -0.15) is 0 Å². The van der Waals surface area contributed by atoms with Gasteiger partial charge in [0.15, 0.2) is 6.10 Å². The number of hydrogen-bond donors (Lipinski definition) is 2. The van der Waals surface area contributed by atoms with Crippen molar-refractivity contribution < 1.29 is 15.0 Å². The Labute approximate surface area is 161 Å². The molecule has 1 fully saturated rings. The van der Waals surface area contributed by atoms with Crippen LogP contribution >= 0.6 is 0 Å². The van der Waals surface area contributed by atoms with Crippen LogP contribution in [-0.4, -0.2) is 22.3 Å². The van der Waals surface area contributed by atoms with E-state index in [4.69, 9.17) is 10.2 Å². The SMILES string of the molecule is CCCCCCCCCCC1CC1CCCCC=CCCC(O)C(=O)O. The van der Waals surface area contributed by atoms with E-state index >= 15 is 0 Å². The Hall–Kier alpha value is -0.830. The molecule has 0 aromatic carbocycles.